The summed E-state index contributed by atoms with van der Waals surface area (Å²) in [5.41, 5.74) is -1.50. The fourth-order valence-electron chi connectivity index (χ4n) is 0.643. The van der Waals surface area contributed by atoms with Crippen LogP contribution < -0.4 is 0 Å². The van der Waals surface area contributed by atoms with Crippen LogP contribution in [-0.4, -0.2) is 32.0 Å². The van der Waals surface area contributed by atoms with Crippen molar-refractivity contribution >= 4 is 5.97 Å². The second-order valence-corrected chi connectivity index (χ2v) is 2.72. The van der Waals surface area contributed by atoms with Gasteiger partial charge in [-0.25, -0.2) is 4.79 Å². The average Bonchev–Trinajstić information content (AvgIpc) is 2.14. The van der Waals surface area contributed by atoms with E-state index in [9.17, 15) is 18.0 Å². The Kier molecular flexibility index (Phi) is 6.00. The Hall–Kier alpha value is -1.04. The van der Waals surface area contributed by atoms with Crippen LogP contribution in [0.15, 0.2) is 12.2 Å². The first-order chi connectivity index (χ1) is 6.89. The monoisotopic (exact) mass is 226 g/mol. The van der Waals surface area contributed by atoms with Crippen LogP contribution in [0.3, 0.4) is 0 Å². The van der Waals surface area contributed by atoms with Gasteiger partial charge in [0.1, 0.15) is 12.2 Å². The molecule has 0 aliphatic heterocycles. The van der Waals surface area contributed by atoms with Gasteiger partial charge in [0.05, 0.1) is 6.61 Å². The van der Waals surface area contributed by atoms with Gasteiger partial charge in [0, 0.05) is 6.61 Å². The summed E-state index contributed by atoms with van der Waals surface area (Å²) in [6.07, 6.45) is -3.94. The summed E-state index contributed by atoms with van der Waals surface area (Å²) in [6.45, 7) is 4.86. The molecule has 0 aliphatic rings. The topological polar surface area (TPSA) is 35.5 Å². The fourth-order valence-corrected chi connectivity index (χ4v) is 0.643. The van der Waals surface area contributed by atoms with Crippen LogP contribution in [0.25, 0.3) is 0 Å². The Morgan fingerprint density at radius 3 is 2.33 bits per heavy atom. The van der Waals surface area contributed by atoms with Crippen molar-refractivity contribution in [3.05, 3.63) is 12.2 Å². The minimum atomic E-state index is -4.73. The van der Waals surface area contributed by atoms with Crippen LogP contribution in [0.1, 0.15) is 13.3 Å². The summed E-state index contributed by atoms with van der Waals surface area (Å²) >= 11 is 0. The molecule has 0 aliphatic carbocycles. The van der Waals surface area contributed by atoms with Crippen LogP contribution >= 0.6 is 0 Å². The largest absolute Gasteiger partial charge is 0.460 e. The first-order valence-corrected chi connectivity index (χ1v) is 4.40. The van der Waals surface area contributed by atoms with E-state index in [-0.39, 0.29) is 13.2 Å². The number of carbonyl (C=O) groups excluding carboxylic acids is 1. The maximum absolute atomic E-state index is 11.9. The van der Waals surface area contributed by atoms with Gasteiger partial charge in [-0.3, -0.25) is 0 Å². The zero-order valence-corrected chi connectivity index (χ0v) is 8.39. The van der Waals surface area contributed by atoms with E-state index >= 15 is 0 Å². The van der Waals surface area contributed by atoms with Crippen LogP contribution in [0.4, 0.5) is 13.2 Å². The van der Waals surface area contributed by atoms with E-state index in [1.165, 1.54) is 0 Å². The van der Waals surface area contributed by atoms with Gasteiger partial charge >= 0.3 is 12.1 Å². The standard InChI is InChI=1S/C9H13F3O3/c1-3-4-14-5-6-15-8(13)7(2)9(10,11)12/h2-6H2,1H3. The van der Waals surface area contributed by atoms with Crippen LogP contribution in [0.5, 0.6) is 0 Å². The second kappa shape index (κ2) is 6.44. The third-order valence-electron chi connectivity index (χ3n) is 1.40. The van der Waals surface area contributed by atoms with Crippen molar-refractivity contribution in [3.63, 3.8) is 0 Å². The molecule has 0 fully saturated rings. The van der Waals surface area contributed by atoms with E-state index in [2.05, 4.69) is 11.3 Å². The highest BCUT2D eigenvalue weighted by molar-refractivity contribution is 5.89. The Balaban J connectivity index is 3.71. The Bertz CT molecular complexity index is 223. The van der Waals surface area contributed by atoms with Crippen molar-refractivity contribution in [1.29, 1.82) is 0 Å². The van der Waals surface area contributed by atoms with Gasteiger partial charge in [0.2, 0.25) is 0 Å². The van der Waals surface area contributed by atoms with E-state index in [0.29, 0.717) is 6.61 Å². The van der Waals surface area contributed by atoms with E-state index in [1.807, 2.05) is 6.92 Å². The van der Waals surface area contributed by atoms with Crippen LogP contribution in [-0.2, 0) is 14.3 Å². The lowest BCUT2D eigenvalue weighted by atomic mass is 10.3. The highest BCUT2D eigenvalue weighted by Gasteiger charge is 2.37. The average molecular weight is 226 g/mol. The van der Waals surface area contributed by atoms with E-state index in [1.54, 1.807) is 0 Å². The molecule has 6 heteroatoms. The number of hydrogen-bond acceptors (Lipinski definition) is 3. The summed E-state index contributed by atoms with van der Waals surface area (Å²) in [5.74, 6) is -1.46. The Morgan fingerprint density at radius 1 is 1.27 bits per heavy atom. The Morgan fingerprint density at radius 2 is 1.87 bits per heavy atom. The molecule has 0 unspecified atom stereocenters. The zero-order chi connectivity index (χ0) is 11.9. The van der Waals surface area contributed by atoms with Crippen molar-refractivity contribution in [2.75, 3.05) is 19.8 Å². The molecule has 0 amide bonds. The number of ether oxygens (including phenoxy) is 2. The van der Waals surface area contributed by atoms with Crippen molar-refractivity contribution in [3.8, 4) is 0 Å². The lowest BCUT2D eigenvalue weighted by molar-refractivity contribution is -0.151. The number of esters is 1. The first-order valence-electron chi connectivity index (χ1n) is 4.40. The quantitative estimate of drug-likeness (QED) is 0.395. The Labute approximate surface area is 85.9 Å². The highest BCUT2D eigenvalue weighted by Crippen LogP contribution is 2.24. The highest BCUT2D eigenvalue weighted by atomic mass is 19.4. The van der Waals surface area contributed by atoms with Gasteiger partial charge in [-0.2, -0.15) is 13.2 Å². The fraction of sp³-hybridized carbons (Fsp3) is 0.667. The molecule has 0 saturated carbocycles. The molecule has 0 aromatic heterocycles. The second-order valence-electron chi connectivity index (χ2n) is 2.72. The molecule has 15 heavy (non-hydrogen) atoms. The van der Waals surface area contributed by atoms with Gasteiger partial charge in [-0.15, -0.1) is 0 Å². The SMILES string of the molecule is C=C(C(=O)OCCOCCC)C(F)(F)F. The van der Waals surface area contributed by atoms with Crippen molar-refractivity contribution < 1.29 is 27.4 Å². The summed E-state index contributed by atoms with van der Waals surface area (Å²) in [5, 5.41) is 0. The van der Waals surface area contributed by atoms with Gasteiger partial charge in [-0.05, 0) is 6.42 Å². The zero-order valence-electron chi connectivity index (χ0n) is 8.39. The molecule has 0 atom stereocenters. The minimum Gasteiger partial charge on any atom is -0.460 e. The van der Waals surface area contributed by atoms with Crippen molar-refractivity contribution in [2.45, 2.75) is 19.5 Å². The van der Waals surface area contributed by atoms with Crippen molar-refractivity contribution in [1.82, 2.24) is 0 Å². The molecule has 0 spiro atoms. The van der Waals surface area contributed by atoms with E-state index in [0.717, 1.165) is 6.42 Å². The lowest BCUT2D eigenvalue weighted by Gasteiger charge is -2.09. The molecule has 0 rings (SSSR count). The van der Waals surface area contributed by atoms with E-state index in [4.69, 9.17) is 4.74 Å². The maximum Gasteiger partial charge on any atom is 0.422 e. The summed E-state index contributed by atoms with van der Waals surface area (Å²) in [4.78, 5) is 10.7. The third-order valence-corrected chi connectivity index (χ3v) is 1.40. The van der Waals surface area contributed by atoms with Gasteiger partial charge in [0.15, 0.2) is 0 Å². The number of hydrogen-bond donors (Lipinski definition) is 0. The molecule has 0 heterocycles. The maximum atomic E-state index is 11.9. The van der Waals surface area contributed by atoms with E-state index < -0.39 is 17.7 Å². The van der Waals surface area contributed by atoms with Gasteiger partial charge in [0.25, 0.3) is 0 Å². The summed E-state index contributed by atoms with van der Waals surface area (Å²) in [7, 11) is 0. The molecule has 0 aromatic rings. The predicted octanol–water partition coefficient (Wildman–Crippen LogP) is 2.07. The van der Waals surface area contributed by atoms with Crippen LogP contribution in [0.2, 0.25) is 0 Å². The molecule has 0 radical (unpaired) electrons. The molecular formula is C9H13F3O3. The molecule has 3 nitrogen and oxygen atoms in total. The molecule has 0 saturated heterocycles. The summed E-state index contributed by atoms with van der Waals surface area (Å²) < 4.78 is 44.9. The smallest absolute Gasteiger partial charge is 0.422 e. The predicted molar refractivity (Wildman–Crippen MR) is 47.3 cm³/mol. The van der Waals surface area contributed by atoms with Gasteiger partial charge in [-0.1, -0.05) is 13.5 Å². The van der Waals surface area contributed by atoms with Crippen LogP contribution in [0, 0.1) is 0 Å². The molecule has 88 valence electrons. The van der Waals surface area contributed by atoms with Crippen molar-refractivity contribution in [2.24, 2.45) is 0 Å². The molecule has 0 bridgehead atoms. The molecular weight excluding hydrogens is 213 g/mol. The number of rotatable bonds is 6. The minimum absolute atomic E-state index is 0.0880. The number of carbonyl (C=O) groups is 1. The molecule has 0 aromatic carbocycles. The first kappa shape index (κ1) is 14.0. The summed E-state index contributed by atoms with van der Waals surface area (Å²) in [6, 6.07) is 0. The normalized spacial score (nSPS) is 11.2. The number of alkyl halides is 3. The lowest BCUT2D eigenvalue weighted by Crippen LogP contribution is -2.22. The van der Waals surface area contributed by atoms with Gasteiger partial charge < -0.3 is 9.47 Å². The third kappa shape index (κ3) is 6.11. The number of halogens is 3. The molecule has 0 N–H and O–H groups in total.